The monoisotopic (exact) mass is 243 g/mol. The Hall–Kier alpha value is -1.03. The van der Waals surface area contributed by atoms with Gasteiger partial charge >= 0.3 is 6.18 Å². The Balaban J connectivity index is 2.08. The standard InChI is InChI=1S/C13H16F3N/c14-13(15,16)11-6-8-12(17,9-7-11)10-4-2-1-3-5-10/h1-5,11H,6-9,17H2. The number of rotatable bonds is 1. The van der Waals surface area contributed by atoms with E-state index in [-0.39, 0.29) is 12.8 Å². The molecule has 4 heteroatoms. The zero-order valence-electron chi connectivity index (χ0n) is 9.50. The average molecular weight is 243 g/mol. The molecule has 0 saturated heterocycles. The molecule has 1 fully saturated rings. The molecule has 2 rings (SSSR count). The second kappa shape index (κ2) is 4.33. The second-order valence-corrected chi connectivity index (χ2v) is 4.84. The van der Waals surface area contributed by atoms with E-state index < -0.39 is 17.6 Å². The molecule has 0 atom stereocenters. The first-order valence-corrected chi connectivity index (χ1v) is 5.83. The number of hydrogen-bond donors (Lipinski definition) is 1. The normalized spacial score (nSPS) is 30.2. The molecule has 0 amide bonds. The quantitative estimate of drug-likeness (QED) is 0.801. The number of halogens is 3. The lowest BCUT2D eigenvalue weighted by molar-refractivity contribution is -0.184. The minimum absolute atomic E-state index is 0.134. The lowest BCUT2D eigenvalue weighted by atomic mass is 9.73. The van der Waals surface area contributed by atoms with Crippen molar-refractivity contribution in [2.45, 2.75) is 37.4 Å². The summed E-state index contributed by atoms with van der Waals surface area (Å²) in [5.41, 5.74) is 6.58. The van der Waals surface area contributed by atoms with Crippen LogP contribution >= 0.6 is 0 Å². The van der Waals surface area contributed by atoms with Gasteiger partial charge in [-0.1, -0.05) is 30.3 Å². The topological polar surface area (TPSA) is 26.0 Å². The smallest absolute Gasteiger partial charge is 0.321 e. The van der Waals surface area contributed by atoms with E-state index in [4.69, 9.17) is 5.73 Å². The van der Waals surface area contributed by atoms with Crippen LogP contribution in [-0.2, 0) is 5.54 Å². The van der Waals surface area contributed by atoms with Crippen molar-refractivity contribution in [2.75, 3.05) is 0 Å². The molecule has 0 bridgehead atoms. The van der Waals surface area contributed by atoms with Crippen molar-refractivity contribution in [3.8, 4) is 0 Å². The Bertz CT molecular complexity index is 364. The molecule has 1 aromatic rings. The van der Waals surface area contributed by atoms with Crippen LogP contribution in [0.1, 0.15) is 31.2 Å². The van der Waals surface area contributed by atoms with E-state index in [0.29, 0.717) is 12.8 Å². The number of hydrogen-bond acceptors (Lipinski definition) is 1. The molecule has 1 saturated carbocycles. The molecule has 0 unspecified atom stereocenters. The van der Waals surface area contributed by atoms with Crippen molar-refractivity contribution in [2.24, 2.45) is 11.7 Å². The Morgan fingerprint density at radius 3 is 2.06 bits per heavy atom. The molecule has 2 N–H and O–H groups in total. The van der Waals surface area contributed by atoms with Crippen LogP contribution in [0.15, 0.2) is 30.3 Å². The molecule has 1 nitrogen and oxygen atoms in total. The van der Waals surface area contributed by atoms with Gasteiger partial charge in [-0.15, -0.1) is 0 Å². The van der Waals surface area contributed by atoms with Gasteiger partial charge in [-0.3, -0.25) is 0 Å². The number of nitrogens with two attached hydrogens (primary N) is 1. The molecule has 1 aromatic carbocycles. The first kappa shape index (κ1) is 12.4. The third-order valence-electron chi connectivity index (χ3n) is 3.69. The van der Waals surface area contributed by atoms with Gasteiger partial charge in [0.05, 0.1) is 5.92 Å². The first-order valence-electron chi connectivity index (χ1n) is 5.83. The zero-order chi connectivity index (χ0) is 12.5. The zero-order valence-corrected chi connectivity index (χ0v) is 9.50. The summed E-state index contributed by atoms with van der Waals surface area (Å²) in [5, 5.41) is 0. The molecular formula is C13H16F3N. The van der Waals surface area contributed by atoms with Crippen LogP contribution in [0.2, 0.25) is 0 Å². The molecule has 1 aliphatic carbocycles. The van der Waals surface area contributed by atoms with Crippen molar-refractivity contribution in [3.63, 3.8) is 0 Å². The van der Waals surface area contributed by atoms with Crippen LogP contribution in [0, 0.1) is 5.92 Å². The van der Waals surface area contributed by atoms with Crippen LogP contribution in [-0.4, -0.2) is 6.18 Å². The molecule has 17 heavy (non-hydrogen) atoms. The molecule has 94 valence electrons. The highest BCUT2D eigenvalue weighted by Gasteiger charge is 2.44. The van der Waals surface area contributed by atoms with Crippen molar-refractivity contribution in [3.05, 3.63) is 35.9 Å². The minimum atomic E-state index is -4.07. The molecule has 1 aliphatic rings. The van der Waals surface area contributed by atoms with E-state index >= 15 is 0 Å². The number of benzene rings is 1. The van der Waals surface area contributed by atoms with E-state index in [2.05, 4.69) is 0 Å². The Morgan fingerprint density at radius 2 is 1.59 bits per heavy atom. The van der Waals surface area contributed by atoms with Crippen molar-refractivity contribution >= 4 is 0 Å². The van der Waals surface area contributed by atoms with Crippen LogP contribution in [0.5, 0.6) is 0 Å². The van der Waals surface area contributed by atoms with E-state index in [1.54, 1.807) is 0 Å². The Kier molecular flexibility index (Phi) is 3.17. The summed E-state index contributed by atoms with van der Waals surface area (Å²) in [4.78, 5) is 0. The fraction of sp³-hybridized carbons (Fsp3) is 0.538. The van der Waals surface area contributed by atoms with Gasteiger partial charge in [0.1, 0.15) is 0 Å². The summed E-state index contributed by atoms with van der Waals surface area (Å²) in [6.07, 6.45) is -3.00. The molecule has 0 aliphatic heterocycles. The molecule has 0 aromatic heterocycles. The van der Waals surface area contributed by atoms with E-state index in [1.807, 2.05) is 30.3 Å². The Labute approximate surface area is 98.8 Å². The van der Waals surface area contributed by atoms with E-state index in [0.717, 1.165) is 5.56 Å². The largest absolute Gasteiger partial charge is 0.391 e. The number of alkyl halides is 3. The van der Waals surface area contributed by atoms with Crippen LogP contribution < -0.4 is 5.73 Å². The lowest BCUT2D eigenvalue weighted by Crippen LogP contribution is -2.42. The summed E-state index contributed by atoms with van der Waals surface area (Å²) < 4.78 is 37.7. The molecule has 0 spiro atoms. The fourth-order valence-corrected chi connectivity index (χ4v) is 2.52. The SMILES string of the molecule is NC1(c2ccccc2)CCC(C(F)(F)F)CC1. The summed E-state index contributed by atoms with van der Waals surface area (Å²) >= 11 is 0. The second-order valence-electron chi connectivity index (χ2n) is 4.84. The minimum Gasteiger partial charge on any atom is -0.321 e. The predicted octanol–water partition coefficient (Wildman–Crippen LogP) is 3.59. The van der Waals surface area contributed by atoms with Gasteiger partial charge in [0.15, 0.2) is 0 Å². The van der Waals surface area contributed by atoms with Gasteiger partial charge in [-0.25, -0.2) is 0 Å². The fourth-order valence-electron chi connectivity index (χ4n) is 2.52. The molecular weight excluding hydrogens is 227 g/mol. The van der Waals surface area contributed by atoms with Gasteiger partial charge in [-0.2, -0.15) is 13.2 Å². The third-order valence-corrected chi connectivity index (χ3v) is 3.69. The maximum Gasteiger partial charge on any atom is 0.391 e. The Morgan fingerprint density at radius 1 is 1.06 bits per heavy atom. The van der Waals surface area contributed by atoms with Gasteiger partial charge in [0.25, 0.3) is 0 Å². The molecule has 0 heterocycles. The lowest BCUT2D eigenvalue weighted by Gasteiger charge is -2.38. The highest BCUT2D eigenvalue weighted by molar-refractivity contribution is 5.24. The van der Waals surface area contributed by atoms with Gasteiger partial charge in [0, 0.05) is 5.54 Å². The maximum atomic E-state index is 12.6. The average Bonchev–Trinajstić information content (AvgIpc) is 2.29. The predicted molar refractivity (Wildman–Crippen MR) is 60.3 cm³/mol. The summed E-state index contributed by atoms with van der Waals surface area (Å²) in [7, 11) is 0. The summed E-state index contributed by atoms with van der Waals surface area (Å²) in [6.45, 7) is 0. The maximum absolute atomic E-state index is 12.6. The van der Waals surface area contributed by atoms with Crippen molar-refractivity contribution in [1.29, 1.82) is 0 Å². The van der Waals surface area contributed by atoms with Crippen LogP contribution in [0.4, 0.5) is 13.2 Å². The van der Waals surface area contributed by atoms with Crippen LogP contribution in [0.25, 0.3) is 0 Å². The van der Waals surface area contributed by atoms with Crippen LogP contribution in [0.3, 0.4) is 0 Å². The van der Waals surface area contributed by atoms with Gasteiger partial charge in [0.2, 0.25) is 0 Å². The van der Waals surface area contributed by atoms with E-state index in [1.165, 1.54) is 0 Å². The molecule has 0 radical (unpaired) electrons. The van der Waals surface area contributed by atoms with Gasteiger partial charge in [-0.05, 0) is 31.2 Å². The van der Waals surface area contributed by atoms with Gasteiger partial charge < -0.3 is 5.73 Å². The highest BCUT2D eigenvalue weighted by Crippen LogP contribution is 2.43. The van der Waals surface area contributed by atoms with E-state index in [9.17, 15) is 13.2 Å². The highest BCUT2D eigenvalue weighted by atomic mass is 19.4. The first-order chi connectivity index (χ1) is 7.92. The van der Waals surface area contributed by atoms with Crippen molar-refractivity contribution < 1.29 is 13.2 Å². The third kappa shape index (κ3) is 2.63. The summed E-state index contributed by atoms with van der Waals surface area (Å²) in [6, 6.07) is 9.43. The van der Waals surface area contributed by atoms with Crippen molar-refractivity contribution in [1.82, 2.24) is 0 Å². The summed E-state index contributed by atoms with van der Waals surface area (Å²) in [5.74, 6) is -1.18.